The SMILES string of the molecule is CNN.Clc1cccc(Cl)c1CN=Cc1cccs1. The summed E-state index contributed by atoms with van der Waals surface area (Å²) in [6, 6.07) is 9.49. The lowest BCUT2D eigenvalue weighted by Crippen LogP contribution is -2.13. The van der Waals surface area contributed by atoms with Gasteiger partial charge in [0, 0.05) is 26.7 Å². The number of nitrogens with one attached hydrogen (secondary N) is 1. The zero-order valence-electron chi connectivity index (χ0n) is 10.4. The number of thiophene rings is 1. The van der Waals surface area contributed by atoms with Crippen molar-refractivity contribution < 1.29 is 0 Å². The van der Waals surface area contributed by atoms with Crippen LogP contribution in [0.2, 0.25) is 10.0 Å². The van der Waals surface area contributed by atoms with Crippen molar-refractivity contribution >= 4 is 40.8 Å². The van der Waals surface area contributed by atoms with E-state index in [1.807, 2.05) is 41.9 Å². The Morgan fingerprint density at radius 3 is 2.42 bits per heavy atom. The fourth-order valence-corrected chi connectivity index (χ4v) is 2.40. The Labute approximate surface area is 127 Å². The molecule has 1 aromatic heterocycles. The van der Waals surface area contributed by atoms with Gasteiger partial charge in [-0.2, -0.15) is 0 Å². The molecular weight excluding hydrogens is 301 g/mol. The molecule has 0 bridgehead atoms. The largest absolute Gasteiger partial charge is 0.287 e. The third kappa shape index (κ3) is 5.72. The molecule has 0 aliphatic heterocycles. The predicted octanol–water partition coefficient (Wildman–Crippen LogP) is 3.75. The average molecular weight is 316 g/mol. The van der Waals surface area contributed by atoms with Gasteiger partial charge in [-0.1, -0.05) is 35.3 Å². The van der Waals surface area contributed by atoms with E-state index in [0.29, 0.717) is 16.6 Å². The van der Waals surface area contributed by atoms with Crippen LogP contribution in [0.3, 0.4) is 0 Å². The van der Waals surface area contributed by atoms with E-state index in [2.05, 4.69) is 16.3 Å². The number of hydrogen-bond donors (Lipinski definition) is 2. The topological polar surface area (TPSA) is 50.4 Å². The maximum absolute atomic E-state index is 6.03. The first-order valence-corrected chi connectivity index (χ1v) is 7.16. The first-order chi connectivity index (χ1) is 9.19. The number of nitrogens with two attached hydrogens (primary N) is 1. The molecule has 0 radical (unpaired) electrons. The van der Waals surface area contributed by atoms with E-state index in [1.165, 1.54) is 0 Å². The molecule has 0 fully saturated rings. The molecule has 1 aromatic carbocycles. The van der Waals surface area contributed by atoms with Gasteiger partial charge in [0.25, 0.3) is 0 Å². The van der Waals surface area contributed by atoms with Crippen molar-refractivity contribution in [2.75, 3.05) is 7.05 Å². The lowest BCUT2D eigenvalue weighted by molar-refractivity contribution is 0.900. The number of rotatable bonds is 3. The van der Waals surface area contributed by atoms with Crippen LogP contribution in [0.4, 0.5) is 0 Å². The van der Waals surface area contributed by atoms with Gasteiger partial charge in [-0.25, -0.2) is 0 Å². The maximum Gasteiger partial charge on any atom is 0.0669 e. The molecule has 3 nitrogen and oxygen atoms in total. The summed E-state index contributed by atoms with van der Waals surface area (Å²) in [4.78, 5) is 5.45. The van der Waals surface area contributed by atoms with Crippen LogP contribution in [0.1, 0.15) is 10.4 Å². The van der Waals surface area contributed by atoms with Crippen molar-refractivity contribution in [2.24, 2.45) is 10.8 Å². The zero-order valence-corrected chi connectivity index (χ0v) is 12.8. The first kappa shape index (κ1) is 16.1. The van der Waals surface area contributed by atoms with Crippen LogP contribution in [-0.4, -0.2) is 13.3 Å². The van der Waals surface area contributed by atoms with Gasteiger partial charge >= 0.3 is 0 Å². The summed E-state index contributed by atoms with van der Waals surface area (Å²) >= 11 is 13.7. The van der Waals surface area contributed by atoms with Crippen molar-refractivity contribution in [3.05, 3.63) is 56.2 Å². The van der Waals surface area contributed by atoms with Crippen LogP contribution in [0.25, 0.3) is 0 Å². The summed E-state index contributed by atoms with van der Waals surface area (Å²) in [6.45, 7) is 0.510. The standard InChI is InChI=1S/C12H9Cl2NS.CH6N2/c13-11-4-1-5-12(14)10(11)8-15-7-9-3-2-6-16-9;1-3-2/h1-7H,8H2;3H,2H2,1H3. The molecule has 0 atom stereocenters. The Balaban J connectivity index is 0.000000550. The highest BCUT2D eigenvalue weighted by Crippen LogP contribution is 2.24. The first-order valence-electron chi connectivity index (χ1n) is 5.52. The third-order valence-corrected chi connectivity index (χ3v) is 3.59. The van der Waals surface area contributed by atoms with E-state index in [1.54, 1.807) is 18.4 Å². The van der Waals surface area contributed by atoms with Gasteiger partial charge in [-0.05, 0) is 30.6 Å². The zero-order chi connectivity index (χ0) is 14.1. The van der Waals surface area contributed by atoms with Crippen molar-refractivity contribution in [2.45, 2.75) is 6.54 Å². The second-order valence-electron chi connectivity index (χ2n) is 3.47. The van der Waals surface area contributed by atoms with Crippen molar-refractivity contribution in [1.29, 1.82) is 0 Å². The van der Waals surface area contributed by atoms with Crippen LogP contribution in [0.15, 0.2) is 40.7 Å². The molecule has 0 unspecified atom stereocenters. The monoisotopic (exact) mass is 315 g/mol. The van der Waals surface area contributed by atoms with Gasteiger partial charge in [0.1, 0.15) is 0 Å². The minimum atomic E-state index is 0.510. The molecule has 0 aliphatic rings. The molecule has 0 amide bonds. The van der Waals surface area contributed by atoms with Crippen LogP contribution in [0, 0.1) is 0 Å². The Morgan fingerprint density at radius 1 is 1.26 bits per heavy atom. The summed E-state index contributed by atoms with van der Waals surface area (Å²) in [5, 5.41) is 3.34. The van der Waals surface area contributed by atoms with E-state index >= 15 is 0 Å². The molecule has 0 saturated heterocycles. The van der Waals surface area contributed by atoms with Crippen LogP contribution < -0.4 is 11.3 Å². The fraction of sp³-hybridized carbons (Fsp3) is 0.154. The smallest absolute Gasteiger partial charge is 0.0669 e. The molecule has 19 heavy (non-hydrogen) atoms. The molecule has 2 aromatic rings. The van der Waals surface area contributed by atoms with Crippen LogP contribution >= 0.6 is 34.5 Å². The van der Waals surface area contributed by atoms with E-state index in [0.717, 1.165) is 10.4 Å². The highest BCUT2D eigenvalue weighted by Gasteiger charge is 2.03. The molecule has 1 heterocycles. The van der Waals surface area contributed by atoms with Gasteiger partial charge in [-0.15, -0.1) is 11.3 Å². The number of benzene rings is 1. The van der Waals surface area contributed by atoms with Crippen molar-refractivity contribution in [1.82, 2.24) is 5.43 Å². The average Bonchev–Trinajstić information content (AvgIpc) is 2.87. The number of hydrogen-bond acceptors (Lipinski definition) is 4. The second kappa shape index (κ2) is 9.07. The van der Waals surface area contributed by atoms with Crippen LogP contribution in [0.5, 0.6) is 0 Å². The summed E-state index contributed by atoms with van der Waals surface area (Å²) < 4.78 is 0. The second-order valence-corrected chi connectivity index (χ2v) is 5.27. The molecule has 0 saturated carbocycles. The molecule has 0 aliphatic carbocycles. The Bertz CT molecular complexity index is 492. The molecule has 6 heteroatoms. The Kier molecular flexibility index (Phi) is 7.70. The highest BCUT2D eigenvalue weighted by molar-refractivity contribution is 7.11. The molecule has 2 rings (SSSR count). The molecule has 0 spiro atoms. The highest BCUT2D eigenvalue weighted by atomic mass is 35.5. The van der Waals surface area contributed by atoms with Gasteiger partial charge < -0.3 is 0 Å². The van der Waals surface area contributed by atoms with E-state index in [-0.39, 0.29) is 0 Å². The van der Waals surface area contributed by atoms with E-state index in [9.17, 15) is 0 Å². The lowest BCUT2D eigenvalue weighted by atomic mass is 10.2. The minimum absolute atomic E-state index is 0.510. The minimum Gasteiger partial charge on any atom is -0.287 e. The fourth-order valence-electron chi connectivity index (χ4n) is 1.28. The molecule has 102 valence electrons. The van der Waals surface area contributed by atoms with Crippen molar-refractivity contribution in [3.8, 4) is 0 Å². The number of nitrogens with zero attached hydrogens (tertiary/aromatic N) is 1. The van der Waals surface area contributed by atoms with Gasteiger partial charge in [0.15, 0.2) is 0 Å². The Hall–Kier alpha value is -0.910. The van der Waals surface area contributed by atoms with Gasteiger partial charge in [0.2, 0.25) is 0 Å². The third-order valence-electron chi connectivity index (χ3n) is 2.07. The summed E-state index contributed by atoms with van der Waals surface area (Å²) in [7, 11) is 1.65. The van der Waals surface area contributed by atoms with Gasteiger partial charge in [-0.3, -0.25) is 16.3 Å². The maximum atomic E-state index is 6.03. The van der Waals surface area contributed by atoms with Crippen LogP contribution in [-0.2, 0) is 6.54 Å². The number of halogens is 2. The van der Waals surface area contributed by atoms with Gasteiger partial charge in [0.05, 0.1) is 6.54 Å². The summed E-state index contributed by atoms with van der Waals surface area (Å²) in [5.74, 6) is 4.60. The normalized spacial score (nSPS) is 10.3. The Morgan fingerprint density at radius 2 is 1.89 bits per heavy atom. The lowest BCUT2D eigenvalue weighted by Gasteiger charge is -2.02. The molecule has 3 N–H and O–H groups in total. The summed E-state index contributed by atoms with van der Waals surface area (Å²) in [6.07, 6.45) is 1.84. The number of hydrazine groups is 1. The molecular formula is C13H15Cl2N3S. The summed E-state index contributed by atoms with van der Waals surface area (Å²) in [5.41, 5.74) is 3.12. The van der Waals surface area contributed by atoms with E-state index in [4.69, 9.17) is 23.2 Å². The van der Waals surface area contributed by atoms with Crippen molar-refractivity contribution in [3.63, 3.8) is 0 Å². The quantitative estimate of drug-likeness (QED) is 0.515. The van der Waals surface area contributed by atoms with E-state index < -0.39 is 0 Å². The predicted molar refractivity (Wildman–Crippen MR) is 85.3 cm³/mol. The number of aliphatic imine (C=N–C) groups is 1.